The number of hydrogen-bond acceptors (Lipinski definition) is 7. The van der Waals surface area contributed by atoms with Crippen LogP contribution in [0.2, 0.25) is 0 Å². The number of thiophene rings is 1. The molecule has 0 unspecified atom stereocenters. The van der Waals surface area contributed by atoms with Crippen molar-refractivity contribution < 1.29 is 4.79 Å². The second-order valence-corrected chi connectivity index (χ2v) is 5.19. The number of carbonyl (C=O) groups is 1. The van der Waals surface area contributed by atoms with E-state index in [-0.39, 0.29) is 5.95 Å². The Morgan fingerprint density at radius 3 is 2.78 bits per heavy atom. The molecule has 0 saturated carbocycles. The molecule has 8 heteroatoms. The molecule has 0 atom stereocenters. The highest BCUT2D eigenvalue weighted by Crippen LogP contribution is 2.28. The molecule has 2 rings (SSSR count). The second-order valence-electron chi connectivity index (χ2n) is 4.29. The molecule has 0 aliphatic rings. The van der Waals surface area contributed by atoms with E-state index in [4.69, 9.17) is 11.6 Å². The van der Waals surface area contributed by atoms with E-state index in [0.29, 0.717) is 5.82 Å². The average Bonchev–Trinajstić information content (AvgIpc) is 2.76. The van der Waals surface area contributed by atoms with E-state index < -0.39 is 11.4 Å². The van der Waals surface area contributed by atoms with Crippen LogP contribution >= 0.6 is 11.3 Å². The molecule has 0 aliphatic heterocycles. The molecule has 2 aromatic heterocycles. The smallest absolute Gasteiger partial charge is 0.242 e. The molecule has 0 fully saturated rings. The Balaban J connectivity index is 2.49. The van der Waals surface area contributed by atoms with Crippen LogP contribution in [0.15, 0.2) is 11.4 Å². The van der Waals surface area contributed by atoms with Gasteiger partial charge in [-0.25, -0.2) is 10.8 Å². The number of amides is 1. The summed E-state index contributed by atoms with van der Waals surface area (Å²) in [5.41, 5.74) is 6.81. The standard InChI is InChI=1S/C10H14N6OS/c1-10(2,8(11)17)15-6-5-3-4-18-7(5)14-9(13-6)16-12/h3-4H,12H2,1-2H3,(H2,11,17)(H2,13,14,15,16). The molecule has 2 heterocycles. The van der Waals surface area contributed by atoms with E-state index in [1.165, 1.54) is 11.3 Å². The van der Waals surface area contributed by atoms with Crippen LogP contribution in [0.5, 0.6) is 0 Å². The molecule has 0 radical (unpaired) electrons. The number of hydrazine groups is 1. The predicted molar refractivity (Wildman–Crippen MR) is 72.1 cm³/mol. The number of fused-ring (bicyclic) bond motifs is 1. The van der Waals surface area contributed by atoms with E-state index >= 15 is 0 Å². The fourth-order valence-electron chi connectivity index (χ4n) is 1.37. The highest BCUT2D eigenvalue weighted by atomic mass is 32.1. The Labute approximate surface area is 108 Å². The van der Waals surface area contributed by atoms with Crippen LogP contribution in [0.3, 0.4) is 0 Å². The minimum Gasteiger partial charge on any atom is -0.368 e. The number of anilines is 2. The van der Waals surface area contributed by atoms with Crippen molar-refractivity contribution in [3.8, 4) is 0 Å². The van der Waals surface area contributed by atoms with Crippen molar-refractivity contribution in [1.82, 2.24) is 9.97 Å². The molecular weight excluding hydrogens is 252 g/mol. The Kier molecular flexibility index (Phi) is 3.05. The molecule has 18 heavy (non-hydrogen) atoms. The quantitative estimate of drug-likeness (QED) is 0.476. The molecule has 6 N–H and O–H groups in total. The van der Waals surface area contributed by atoms with Gasteiger partial charge in [-0.05, 0) is 25.3 Å². The Morgan fingerprint density at radius 2 is 2.17 bits per heavy atom. The zero-order valence-corrected chi connectivity index (χ0v) is 10.8. The second kappa shape index (κ2) is 4.39. The SMILES string of the molecule is CC(C)(Nc1nc(NN)nc2sccc12)C(N)=O. The lowest BCUT2D eigenvalue weighted by Gasteiger charge is -2.23. The molecule has 0 aliphatic carbocycles. The van der Waals surface area contributed by atoms with E-state index in [0.717, 1.165) is 10.2 Å². The molecule has 7 nitrogen and oxygen atoms in total. The Bertz CT molecular complexity index is 593. The number of aromatic nitrogens is 2. The number of nitrogen functional groups attached to an aromatic ring is 1. The topological polar surface area (TPSA) is 119 Å². The van der Waals surface area contributed by atoms with Crippen molar-refractivity contribution in [1.29, 1.82) is 0 Å². The summed E-state index contributed by atoms with van der Waals surface area (Å²) >= 11 is 1.46. The normalized spacial score (nSPS) is 11.5. The molecule has 2 aromatic rings. The van der Waals surface area contributed by atoms with Gasteiger partial charge in [-0.1, -0.05) is 0 Å². The average molecular weight is 266 g/mol. The van der Waals surface area contributed by atoms with E-state index in [1.807, 2.05) is 11.4 Å². The van der Waals surface area contributed by atoms with Crippen LogP contribution in [-0.4, -0.2) is 21.4 Å². The fourth-order valence-corrected chi connectivity index (χ4v) is 2.14. The largest absolute Gasteiger partial charge is 0.368 e. The number of nitrogens with zero attached hydrogens (tertiary/aromatic N) is 2. The summed E-state index contributed by atoms with van der Waals surface area (Å²) in [6.07, 6.45) is 0. The van der Waals surface area contributed by atoms with Gasteiger partial charge in [-0.2, -0.15) is 4.98 Å². The fraction of sp³-hybridized carbons (Fsp3) is 0.300. The first-order valence-corrected chi connectivity index (χ1v) is 6.12. The Morgan fingerprint density at radius 1 is 1.44 bits per heavy atom. The summed E-state index contributed by atoms with van der Waals surface area (Å²) in [4.78, 5) is 20.5. The first kappa shape index (κ1) is 12.5. The van der Waals surface area contributed by atoms with Gasteiger partial charge in [0.25, 0.3) is 0 Å². The first-order valence-electron chi connectivity index (χ1n) is 5.24. The zero-order valence-electron chi connectivity index (χ0n) is 10.0. The third-order valence-corrected chi connectivity index (χ3v) is 3.31. The minimum absolute atomic E-state index is 0.285. The maximum Gasteiger partial charge on any atom is 0.242 e. The van der Waals surface area contributed by atoms with Gasteiger partial charge in [0.15, 0.2) is 0 Å². The molecule has 0 saturated heterocycles. The molecular formula is C10H14N6OS. The van der Waals surface area contributed by atoms with Crippen molar-refractivity contribution in [3.05, 3.63) is 11.4 Å². The number of carbonyl (C=O) groups excluding carboxylic acids is 1. The number of rotatable bonds is 4. The maximum atomic E-state index is 11.3. The predicted octanol–water partition coefficient (Wildman–Crippen LogP) is 0.653. The summed E-state index contributed by atoms with van der Waals surface area (Å²) in [5, 5.41) is 5.73. The summed E-state index contributed by atoms with van der Waals surface area (Å²) in [7, 11) is 0. The molecule has 96 valence electrons. The minimum atomic E-state index is -0.908. The van der Waals surface area contributed by atoms with Crippen LogP contribution in [0.25, 0.3) is 10.2 Å². The zero-order chi connectivity index (χ0) is 13.3. The third-order valence-electron chi connectivity index (χ3n) is 2.50. The van der Waals surface area contributed by atoms with E-state index in [1.54, 1.807) is 13.8 Å². The summed E-state index contributed by atoms with van der Waals surface area (Å²) < 4.78 is 0. The van der Waals surface area contributed by atoms with Gasteiger partial charge < -0.3 is 11.1 Å². The summed E-state index contributed by atoms with van der Waals surface area (Å²) in [6.45, 7) is 3.37. The van der Waals surface area contributed by atoms with Crippen molar-refractivity contribution in [3.63, 3.8) is 0 Å². The number of hydrogen-bond donors (Lipinski definition) is 4. The molecule has 0 spiro atoms. The van der Waals surface area contributed by atoms with Crippen LogP contribution in [0.4, 0.5) is 11.8 Å². The number of nitrogens with two attached hydrogens (primary N) is 2. The van der Waals surface area contributed by atoms with Gasteiger partial charge in [0.1, 0.15) is 16.2 Å². The van der Waals surface area contributed by atoms with Gasteiger partial charge in [0.05, 0.1) is 5.39 Å². The van der Waals surface area contributed by atoms with Crippen LogP contribution < -0.4 is 22.3 Å². The maximum absolute atomic E-state index is 11.3. The van der Waals surface area contributed by atoms with Crippen molar-refractivity contribution in [2.24, 2.45) is 11.6 Å². The first-order chi connectivity index (χ1) is 8.44. The van der Waals surface area contributed by atoms with Gasteiger partial charge in [0, 0.05) is 0 Å². The number of nitrogens with one attached hydrogen (secondary N) is 2. The molecule has 1 amide bonds. The summed E-state index contributed by atoms with van der Waals surface area (Å²) in [5.74, 6) is 5.66. The van der Waals surface area contributed by atoms with Crippen LogP contribution in [-0.2, 0) is 4.79 Å². The molecule has 0 bridgehead atoms. The lowest BCUT2D eigenvalue weighted by atomic mass is 10.1. The monoisotopic (exact) mass is 266 g/mol. The van der Waals surface area contributed by atoms with Crippen LogP contribution in [0.1, 0.15) is 13.8 Å². The van der Waals surface area contributed by atoms with Crippen molar-refractivity contribution in [2.45, 2.75) is 19.4 Å². The highest BCUT2D eigenvalue weighted by molar-refractivity contribution is 7.16. The lowest BCUT2D eigenvalue weighted by molar-refractivity contribution is -0.121. The van der Waals surface area contributed by atoms with Crippen molar-refractivity contribution >= 4 is 39.2 Å². The van der Waals surface area contributed by atoms with Gasteiger partial charge >= 0.3 is 0 Å². The lowest BCUT2D eigenvalue weighted by Crippen LogP contribution is -2.45. The van der Waals surface area contributed by atoms with E-state index in [2.05, 4.69) is 20.7 Å². The third kappa shape index (κ3) is 2.20. The van der Waals surface area contributed by atoms with Crippen LogP contribution in [0, 0.1) is 0 Å². The van der Waals surface area contributed by atoms with Gasteiger partial charge in [-0.15, -0.1) is 11.3 Å². The molecule has 0 aromatic carbocycles. The number of primary amides is 1. The van der Waals surface area contributed by atoms with Crippen molar-refractivity contribution in [2.75, 3.05) is 10.7 Å². The van der Waals surface area contributed by atoms with E-state index in [9.17, 15) is 4.79 Å². The van der Waals surface area contributed by atoms with Gasteiger partial charge in [-0.3, -0.25) is 10.2 Å². The highest BCUT2D eigenvalue weighted by Gasteiger charge is 2.26. The Hall–Kier alpha value is -1.93. The summed E-state index contributed by atoms with van der Waals surface area (Å²) in [6, 6.07) is 1.87. The van der Waals surface area contributed by atoms with Gasteiger partial charge in [0.2, 0.25) is 11.9 Å².